The summed E-state index contributed by atoms with van der Waals surface area (Å²) in [6.45, 7) is 3.30. The van der Waals surface area contributed by atoms with E-state index in [2.05, 4.69) is 15.6 Å². The smallest absolute Gasteiger partial charge is 0.292 e. The number of benzene rings is 2. The van der Waals surface area contributed by atoms with Crippen LogP contribution in [0.25, 0.3) is 5.69 Å². The summed E-state index contributed by atoms with van der Waals surface area (Å²) in [5.74, 6) is 0.598. The van der Waals surface area contributed by atoms with Gasteiger partial charge in [-0.3, -0.25) is 9.59 Å². The maximum absolute atomic E-state index is 12.9. The van der Waals surface area contributed by atoms with Crippen molar-refractivity contribution in [1.82, 2.24) is 15.2 Å². The van der Waals surface area contributed by atoms with Crippen molar-refractivity contribution >= 4 is 12.1 Å². The van der Waals surface area contributed by atoms with Gasteiger partial charge in [-0.2, -0.15) is 20.1 Å². The van der Waals surface area contributed by atoms with Gasteiger partial charge in [0.15, 0.2) is 17.2 Å². The summed E-state index contributed by atoms with van der Waals surface area (Å²) in [5.41, 5.74) is 3.48. The summed E-state index contributed by atoms with van der Waals surface area (Å²) >= 11 is 0. The highest BCUT2D eigenvalue weighted by Gasteiger charge is 2.20. The predicted molar refractivity (Wildman–Crippen MR) is 125 cm³/mol. The second kappa shape index (κ2) is 10.3. The average Bonchev–Trinajstić information content (AvgIpc) is 2.84. The van der Waals surface area contributed by atoms with Gasteiger partial charge in [0.25, 0.3) is 11.5 Å². The Morgan fingerprint density at radius 3 is 2.32 bits per heavy atom. The Morgan fingerprint density at radius 1 is 1.12 bits per heavy atom. The zero-order chi connectivity index (χ0) is 24.8. The van der Waals surface area contributed by atoms with Gasteiger partial charge in [0, 0.05) is 11.1 Å². The van der Waals surface area contributed by atoms with Crippen molar-refractivity contribution in [3.63, 3.8) is 0 Å². The number of amides is 1. The van der Waals surface area contributed by atoms with E-state index in [-0.39, 0.29) is 16.8 Å². The number of aryl methyl sites for hydroxylation is 1. The fraction of sp³-hybridized carbons (Fsp3) is 0.208. The Balaban J connectivity index is 1.96. The van der Waals surface area contributed by atoms with E-state index in [4.69, 9.17) is 14.2 Å². The van der Waals surface area contributed by atoms with Gasteiger partial charge < -0.3 is 14.2 Å². The van der Waals surface area contributed by atoms with E-state index in [1.807, 2.05) is 12.1 Å². The minimum atomic E-state index is -0.681. The van der Waals surface area contributed by atoms with Gasteiger partial charge in [-0.05, 0) is 37.6 Å². The maximum atomic E-state index is 12.9. The van der Waals surface area contributed by atoms with Crippen LogP contribution >= 0.6 is 0 Å². The van der Waals surface area contributed by atoms with Crippen LogP contribution < -0.4 is 25.2 Å². The molecule has 0 bridgehead atoms. The third-order valence-electron chi connectivity index (χ3n) is 5.07. The highest BCUT2D eigenvalue weighted by atomic mass is 16.5. The molecule has 174 valence electrons. The third-order valence-corrected chi connectivity index (χ3v) is 5.07. The number of rotatable bonds is 7. The minimum absolute atomic E-state index is 0.0959. The number of nitrogens with one attached hydrogen (secondary N) is 1. The molecule has 34 heavy (non-hydrogen) atoms. The van der Waals surface area contributed by atoms with E-state index in [0.717, 1.165) is 10.2 Å². The first-order chi connectivity index (χ1) is 16.4. The number of para-hydroxylation sites is 1. The molecule has 0 aliphatic carbocycles. The van der Waals surface area contributed by atoms with Crippen LogP contribution in [0.5, 0.6) is 17.2 Å². The fourth-order valence-corrected chi connectivity index (χ4v) is 3.31. The first-order valence-corrected chi connectivity index (χ1v) is 10.1. The second-order valence-corrected chi connectivity index (χ2v) is 7.12. The molecular formula is C24H23N5O5. The van der Waals surface area contributed by atoms with Crippen LogP contribution in [0.4, 0.5) is 0 Å². The molecule has 1 aromatic heterocycles. The lowest BCUT2D eigenvalue weighted by atomic mass is 10.1. The van der Waals surface area contributed by atoms with Crippen LogP contribution in [-0.2, 0) is 0 Å². The molecule has 0 unspecified atom stereocenters. The summed E-state index contributed by atoms with van der Waals surface area (Å²) in [4.78, 5) is 25.7. The van der Waals surface area contributed by atoms with E-state index in [0.29, 0.717) is 28.5 Å². The molecule has 0 spiro atoms. The first-order valence-electron chi connectivity index (χ1n) is 10.1. The van der Waals surface area contributed by atoms with Crippen LogP contribution in [0.2, 0.25) is 0 Å². The van der Waals surface area contributed by atoms with Crippen LogP contribution in [-0.4, -0.2) is 43.2 Å². The third kappa shape index (κ3) is 4.59. The molecule has 1 amide bonds. The Bertz CT molecular complexity index is 1350. The van der Waals surface area contributed by atoms with E-state index in [1.54, 1.807) is 37.3 Å². The summed E-state index contributed by atoms with van der Waals surface area (Å²) in [6, 6.07) is 12.2. The molecule has 1 heterocycles. The number of carbonyl (C=O) groups excluding carboxylic acids is 1. The van der Waals surface area contributed by atoms with Gasteiger partial charge in [-0.15, -0.1) is 0 Å². The molecule has 3 rings (SSSR count). The quantitative estimate of drug-likeness (QED) is 0.423. The molecule has 0 saturated heterocycles. The van der Waals surface area contributed by atoms with Gasteiger partial charge in [0.2, 0.25) is 5.75 Å². The van der Waals surface area contributed by atoms with Crippen LogP contribution in [0.15, 0.2) is 46.3 Å². The summed E-state index contributed by atoms with van der Waals surface area (Å²) in [7, 11) is 4.48. The average molecular weight is 461 g/mol. The fourth-order valence-electron chi connectivity index (χ4n) is 3.31. The van der Waals surface area contributed by atoms with Gasteiger partial charge in [-0.25, -0.2) is 5.43 Å². The van der Waals surface area contributed by atoms with Gasteiger partial charge in [0.05, 0.1) is 33.2 Å². The number of nitrogens with zero attached hydrogens (tertiary/aromatic N) is 4. The van der Waals surface area contributed by atoms with E-state index in [1.165, 1.54) is 34.5 Å². The minimum Gasteiger partial charge on any atom is -0.493 e. The van der Waals surface area contributed by atoms with E-state index in [9.17, 15) is 14.9 Å². The van der Waals surface area contributed by atoms with Crippen molar-refractivity contribution in [1.29, 1.82) is 5.26 Å². The molecular weight excluding hydrogens is 438 g/mol. The Kier molecular flexibility index (Phi) is 7.28. The summed E-state index contributed by atoms with van der Waals surface area (Å²) in [6.07, 6.45) is 1.39. The van der Waals surface area contributed by atoms with Crippen molar-refractivity contribution in [2.45, 2.75) is 13.8 Å². The molecule has 0 aliphatic heterocycles. The lowest BCUT2D eigenvalue weighted by Crippen LogP contribution is -2.31. The topological polar surface area (TPSA) is 128 Å². The Labute approximate surface area is 196 Å². The molecule has 0 fully saturated rings. The van der Waals surface area contributed by atoms with Crippen molar-refractivity contribution in [2.75, 3.05) is 21.3 Å². The van der Waals surface area contributed by atoms with Crippen LogP contribution in [0, 0.1) is 25.2 Å². The number of methoxy groups -OCH3 is 3. The lowest BCUT2D eigenvalue weighted by molar-refractivity contribution is 0.0947. The number of carbonyl (C=O) groups is 1. The zero-order valence-electron chi connectivity index (χ0n) is 19.4. The Morgan fingerprint density at radius 2 is 1.76 bits per heavy atom. The highest BCUT2D eigenvalue weighted by Crippen LogP contribution is 2.37. The van der Waals surface area contributed by atoms with Gasteiger partial charge in [-0.1, -0.05) is 18.2 Å². The molecule has 2 aromatic carbocycles. The Hall–Kier alpha value is -4.65. The monoisotopic (exact) mass is 461 g/mol. The van der Waals surface area contributed by atoms with Crippen molar-refractivity contribution < 1.29 is 19.0 Å². The molecule has 0 radical (unpaired) electrons. The maximum Gasteiger partial charge on any atom is 0.292 e. The largest absolute Gasteiger partial charge is 0.493 e. The number of ether oxygens (including phenoxy) is 3. The van der Waals surface area contributed by atoms with Gasteiger partial charge in [0.1, 0.15) is 11.6 Å². The van der Waals surface area contributed by atoms with E-state index < -0.39 is 11.5 Å². The SMILES string of the molecule is COc1cc(/C=N/NC(=O)c2nn(-c3ccccc3C)c(=O)c(C#N)c2C)cc(OC)c1OC. The number of aromatic nitrogens is 2. The normalized spacial score (nSPS) is 10.6. The van der Waals surface area contributed by atoms with Crippen molar-refractivity contribution in [2.24, 2.45) is 5.10 Å². The summed E-state index contributed by atoms with van der Waals surface area (Å²) in [5, 5.41) is 17.7. The molecule has 0 atom stereocenters. The molecule has 0 saturated carbocycles. The standard InChI is InChI=1S/C24H23N5O5/c1-14-8-6-7-9-18(14)29-24(31)17(12-25)15(2)21(28-29)23(30)27-26-13-16-10-19(32-3)22(34-5)20(11-16)33-4/h6-11,13H,1-5H3,(H,27,30)/b26-13+. The molecule has 10 heteroatoms. The number of hydrazone groups is 1. The molecule has 10 nitrogen and oxygen atoms in total. The number of hydrogen-bond acceptors (Lipinski definition) is 8. The highest BCUT2D eigenvalue weighted by molar-refractivity contribution is 5.95. The molecule has 0 aliphatic rings. The first kappa shape index (κ1) is 24.0. The second-order valence-electron chi connectivity index (χ2n) is 7.12. The van der Waals surface area contributed by atoms with Crippen LogP contribution in [0.1, 0.15) is 32.7 Å². The zero-order valence-corrected chi connectivity index (χ0v) is 19.4. The van der Waals surface area contributed by atoms with Gasteiger partial charge >= 0.3 is 0 Å². The van der Waals surface area contributed by atoms with Crippen LogP contribution in [0.3, 0.4) is 0 Å². The van der Waals surface area contributed by atoms with E-state index >= 15 is 0 Å². The predicted octanol–water partition coefficient (Wildman–Crippen LogP) is 2.51. The lowest BCUT2D eigenvalue weighted by Gasteiger charge is -2.13. The number of hydrogen-bond donors (Lipinski definition) is 1. The summed E-state index contributed by atoms with van der Waals surface area (Å²) < 4.78 is 17.0. The molecule has 3 aromatic rings. The number of nitriles is 1. The van der Waals surface area contributed by atoms with Crippen molar-refractivity contribution in [3.8, 4) is 29.0 Å². The molecule has 1 N–H and O–H groups in total. The van der Waals surface area contributed by atoms with Crippen molar-refractivity contribution in [3.05, 3.63) is 74.7 Å².